The lowest BCUT2D eigenvalue weighted by molar-refractivity contribution is 0.317. The number of ether oxygens (including phenoxy) is 4. The third-order valence-corrected chi connectivity index (χ3v) is 6.16. The fourth-order valence-electron chi connectivity index (χ4n) is 3.50. The van der Waals surface area contributed by atoms with Gasteiger partial charge in [-0.3, -0.25) is 9.59 Å². The van der Waals surface area contributed by atoms with Crippen molar-refractivity contribution in [2.75, 3.05) is 27.9 Å². The summed E-state index contributed by atoms with van der Waals surface area (Å²) in [4.78, 5) is 30.0. The van der Waals surface area contributed by atoms with E-state index in [1.165, 1.54) is 25.8 Å². The lowest BCUT2D eigenvalue weighted by Gasteiger charge is -2.12. The first kappa shape index (κ1) is 24.2. The lowest BCUT2D eigenvalue weighted by atomic mass is 10.1. The highest BCUT2D eigenvalue weighted by atomic mass is 32.1. The lowest BCUT2D eigenvalue weighted by Crippen LogP contribution is -2.28. The van der Waals surface area contributed by atoms with Crippen LogP contribution in [0, 0.1) is 0 Å². The molecular formula is C25H25N3O6S. The van der Waals surface area contributed by atoms with Crippen molar-refractivity contribution in [3.8, 4) is 23.0 Å². The van der Waals surface area contributed by atoms with Crippen molar-refractivity contribution in [1.29, 1.82) is 0 Å². The fraction of sp³-hybridized carbons (Fsp3) is 0.280. The van der Waals surface area contributed by atoms with Gasteiger partial charge in [-0.1, -0.05) is 30.4 Å². The van der Waals surface area contributed by atoms with Crippen molar-refractivity contribution in [2.24, 2.45) is 0 Å². The van der Waals surface area contributed by atoms with E-state index in [-0.39, 0.29) is 22.6 Å². The predicted molar refractivity (Wildman–Crippen MR) is 133 cm³/mol. The Hall–Kier alpha value is -3.92. The van der Waals surface area contributed by atoms with Crippen LogP contribution in [0.1, 0.15) is 30.2 Å². The SMILES string of the molecule is CCCOc1ccc(Cc2nn3c(=O)c(=Cc4cc(OC)c(OC)c(OC)c4)sc3nc2=O)cc1. The fourth-order valence-corrected chi connectivity index (χ4v) is 4.41. The minimum atomic E-state index is -0.461. The van der Waals surface area contributed by atoms with Crippen LogP contribution in [0.25, 0.3) is 11.0 Å². The van der Waals surface area contributed by atoms with E-state index >= 15 is 0 Å². The van der Waals surface area contributed by atoms with Crippen molar-refractivity contribution in [3.63, 3.8) is 0 Å². The number of methoxy groups -OCH3 is 3. The van der Waals surface area contributed by atoms with Gasteiger partial charge in [0.1, 0.15) is 11.4 Å². The second-order valence-corrected chi connectivity index (χ2v) is 8.61. The number of hydrogen-bond donors (Lipinski definition) is 0. The van der Waals surface area contributed by atoms with Crippen LogP contribution < -0.4 is 34.6 Å². The largest absolute Gasteiger partial charge is 0.494 e. The minimum Gasteiger partial charge on any atom is -0.494 e. The minimum absolute atomic E-state index is 0.193. The molecule has 4 aromatic rings. The van der Waals surface area contributed by atoms with Gasteiger partial charge in [-0.15, -0.1) is 0 Å². The first-order valence-corrected chi connectivity index (χ1v) is 11.7. The first-order valence-electron chi connectivity index (χ1n) is 10.9. The maximum atomic E-state index is 13.1. The van der Waals surface area contributed by atoms with Crippen LogP contribution in [0.2, 0.25) is 0 Å². The van der Waals surface area contributed by atoms with E-state index < -0.39 is 5.56 Å². The molecule has 0 aliphatic rings. The zero-order valence-corrected chi connectivity index (χ0v) is 20.7. The van der Waals surface area contributed by atoms with Gasteiger partial charge in [0, 0.05) is 6.42 Å². The van der Waals surface area contributed by atoms with Gasteiger partial charge < -0.3 is 18.9 Å². The van der Waals surface area contributed by atoms with Crippen LogP contribution in [-0.4, -0.2) is 42.5 Å². The first-order chi connectivity index (χ1) is 17.0. The average molecular weight is 496 g/mol. The molecule has 10 heteroatoms. The second kappa shape index (κ2) is 10.6. The average Bonchev–Trinajstić information content (AvgIpc) is 3.16. The van der Waals surface area contributed by atoms with E-state index in [9.17, 15) is 9.59 Å². The van der Waals surface area contributed by atoms with Gasteiger partial charge in [-0.05, 0) is 47.9 Å². The molecule has 9 nitrogen and oxygen atoms in total. The Bertz CT molecular complexity index is 1490. The maximum absolute atomic E-state index is 13.1. The Balaban J connectivity index is 1.70. The van der Waals surface area contributed by atoms with E-state index in [4.69, 9.17) is 18.9 Å². The number of nitrogens with zero attached hydrogens (tertiary/aromatic N) is 3. The van der Waals surface area contributed by atoms with E-state index in [2.05, 4.69) is 10.1 Å². The van der Waals surface area contributed by atoms with Crippen molar-refractivity contribution in [1.82, 2.24) is 14.6 Å². The summed E-state index contributed by atoms with van der Waals surface area (Å²) in [5.41, 5.74) is 0.899. The number of rotatable bonds is 9. The van der Waals surface area contributed by atoms with E-state index in [0.29, 0.717) is 34.0 Å². The van der Waals surface area contributed by atoms with Crippen LogP contribution in [0.15, 0.2) is 46.0 Å². The summed E-state index contributed by atoms with van der Waals surface area (Å²) >= 11 is 1.09. The molecule has 0 aliphatic heterocycles. The maximum Gasteiger partial charge on any atom is 0.296 e. The topological polar surface area (TPSA) is 101 Å². The van der Waals surface area contributed by atoms with Crippen LogP contribution in [0.4, 0.5) is 0 Å². The molecule has 2 heterocycles. The molecule has 35 heavy (non-hydrogen) atoms. The number of hydrogen-bond acceptors (Lipinski definition) is 9. The molecule has 4 rings (SSSR count). The Kier molecular flexibility index (Phi) is 7.31. The molecule has 0 N–H and O–H groups in total. The summed E-state index contributed by atoms with van der Waals surface area (Å²) in [7, 11) is 4.56. The van der Waals surface area contributed by atoms with Crippen LogP contribution >= 0.6 is 11.3 Å². The van der Waals surface area contributed by atoms with Gasteiger partial charge in [0.25, 0.3) is 11.1 Å². The highest BCUT2D eigenvalue weighted by Gasteiger charge is 2.15. The molecule has 0 atom stereocenters. The molecule has 182 valence electrons. The van der Waals surface area contributed by atoms with Crippen molar-refractivity contribution < 1.29 is 18.9 Å². The number of benzene rings is 2. The number of thiazole rings is 1. The Labute approximate surface area is 205 Å². The van der Waals surface area contributed by atoms with Gasteiger partial charge in [-0.25, -0.2) is 0 Å². The summed E-state index contributed by atoms with van der Waals surface area (Å²) < 4.78 is 23.2. The Morgan fingerprint density at radius 3 is 2.29 bits per heavy atom. The molecule has 0 fully saturated rings. The van der Waals surface area contributed by atoms with Crippen LogP contribution in [-0.2, 0) is 6.42 Å². The van der Waals surface area contributed by atoms with E-state index in [1.54, 1.807) is 18.2 Å². The molecule has 2 aromatic heterocycles. The van der Waals surface area contributed by atoms with E-state index in [0.717, 1.165) is 29.1 Å². The summed E-state index contributed by atoms with van der Waals surface area (Å²) in [6, 6.07) is 10.9. The van der Waals surface area contributed by atoms with Gasteiger partial charge in [0.2, 0.25) is 10.7 Å². The van der Waals surface area contributed by atoms with Gasteiger partial charge in [0.15, 0.2) is 11.5 Å². The summed E-state index contributed by atoms with van der Waals surface area (Å²) in [6.45, 7) is 2.68. The third kappa shape index (κ3) is 5.12. The predicted octanol–water partition coefficient (Wildman–Crippen LogP) is 2.46. The summed E-state index contributed by atoms with van der Waals surface area (Å²) in [5.74, 6) is 2.14. The standard InChI is InChI=1S/C25H25N3O6S/c1-5-10-34-17-8-6-15(7-9-17)11-18-23(29)26-25-28(27-18)24(30)21(35-25)14-16-12-19(31-2)22(33-4)20(13-16)32-3/h6-9,12-14H,5,10-11H2,1-4H3. The van der Waals surface area contributed by atoms with Crippen molar-refractivity contribution in [2.45, 2.75) is 19.8 Å². The molecule has 0 aliphatic carbocycles. The monoisotopic (exact) mass is 495 g/mol. The molecule has 0 radical (unpaired) electrons. The molecule has 2 aromatic carbocycles. The normalized spacial score (nSPS) is 11.6. The molecule has 0 saturated carbocycles. The zero-order chi connectivity index (χ0) is 24.9. The van der Waals surface area contributed by atoms with Gasteiger partial charge >= 0.3 is 0 Å². The highest BCUT2D eigenvalue weighted by Crippen LogP contribution is 2.38. The third-order valence-electron chi connectivity index (χ3n) is 5.20. The molecule has 0 saturated heterocycles. The Morgan fingerprint density at radius 1 is 1.00 bits per heavy atom. The Morgan fingerprint density at radius 2 is 1.69 bits per heavy atom. The van der Waals surface area contributed by atoms with Gasteiger partial charge in [0.05, 0.1) is 32.5 Å². The summed E-state index contributed by atoms with van der Waals surface area (Å²) in [5, 5.41) is 4.32. The highest BCUT2D eigenvalue weighted by molar-refractivity contribution is 7.15. The molecule has 0 amide bonds. The number of aromatic nitrogens is 3. The molecular weight excluding hydrogens is 470 g/mol. The molecule has 0 bridgehead atoms. The molecule has 0 spiro atoms. The summed E-state index contributed by atoms with van der Waals surface area (Å²) in [6.07, 6.45) is 2.85. The van der Waals surface area contributed by atoms with Crippen LogP contribution in [0.3, 0.4) is 0 Å². The quantitative estimate of drug-likeness (QED) is 0.349. The smallest absolute Gasteiger partial charge is 0.296 e. The zero-order valence-electron chi connectivity index (χ0n) is 19.9. The second-order valence-electron chi connectivity index (χ2n) is 7.60. The van der Waals surface area contributed by atoms with Crippen molar-refractivity contribution in [3.05, 3.63) is 78.5 Å². The molecule has 0 unspecified atom stereocenters. The van der Waals surface area contributed by atoms with E-state index in [1.807, 2.05) is 31.2 Å². The van der Waals surface area contributed by atoms with Crippen molar-refractivity contribution >= 4 is 22.4 Å². The van der Waals surface area contributed by atoms with Crippen LogP contribution in [0.5, 0.6) is 23.0 Å². The van der Waals surface area contributed by atoms with Gasteiger partial charge in [-0.2, -0.15) is 14.6 Å². The number of fused-ring (bicyclic) bond motifs is 1.